The summed E-state index contributed by atoms with van der Waals surface area (Å²) in [6.07, 6.45) is 3.20. The molecule has 3 heterocycles. The molecular formula is C20H17ClN4O3. The number of esters is 1. The first kappa shape index (κ1) is 18.2. The molecule has 7 nitrogen and oxygen atoms in total. The van der Waals surface area contributed by atoms with Crippen LogP contribution >= 0.6 is 11.6 Å². The van der Waals surface area contributed by atoms with Gasteiger partial charge in [0, 0.05) is 17.4 Å². The molecule has 0 saturated carbocycles. The maximum atomic E-state index is 13.1. The molecule has 0 amide bonds. The number of aryl methyl sites for hydroxylation is 1. The van der Waals surface area contributed by atoms with Crippen LogP contribution in [0.25, 0.3) is 16.6 Å². The van der Waals surface area contributed by atoms with Crippen LogP contribution in [0.3, 0.4) is 0 Å². The number of pyridine rings is 1. The van der Waals surface area contributed by atoms with Crippen LogP contribution in [0.1, 0.15) is 34.6 Å². The Morgan fingerprint density at radius 3 is 2.61 bits per heavy atom. The van der Waals surface area contributed by atoms with Gasteiger partial charge in [-0.05, 0) is 37.6 Å². The average molecular weight is 397 g/mol. The molecule has 0 bridgehead atoms. The van der Waals surface area contributed by atoms with Gasteiger partial charge in [0.25, 0.3) is 5.56 Å². The van der Waals surface area contributed by atoms with Crippen molar-refractivity contribution in [2.45, 2.75) is 19.9 Å². The molecule has 0 radical (unpaired) electrons. The van der Waals surface area contributed by atoms with Crippen LogP contribution in [0.5, 0.6) is 0 Å². The zero-order chi connectivity index (χ0) is 20.0. The van der Waals surface area contributed by atoms with E-state index in [9.17, 15) is 9.59 Å². The van der Waals surface area contributed by atoms with E-state index in [0.29, 0.717) is 32.8 Å². The highest BCUT2D eigenvalue weighted by Gasteiger charge is 2.21. The molecule has 3 aromatic heterocycles. The lowest BCUT2D eigenvalue weighted by Gasteiger charge is -2.16. The molecule has 0 saturated heterocycles. The highest BCUT2D eigenvalue weighted by molar-refractivity contribution is 6.30. The number of halogens is 1. The summed E-state index contributed by atoms with van der Waals surface area (Å²) in [5.74, 6) is -0.510. The van der Waals surface area contributed by atoms with Crippen LogP contribution in [0.2, 0.25) is 5.02 Å². The number of benzene rings is 1. The second kappa shape index (κ2) is 6.76. The molecule has 0 aliphatic carbocycles. The van der Waals surface area contributed by atoms with Gasteiger partial charge in [0.05, 0.1) is 29.7 Å². The van der Waals surface area contributed by atoms with Gasteiger partial charge in [0.2, 0.25) is 0 Å². The number of hydrogen-bond donors (Lipinski definition) is 0. The number of fused-ring (bicyclic) bond motifs is 3. The monoisotopic (exact) mass is 396 g/mol. The Hall–Kier alpha value is -3.19. The standard InChI is InChI=1S/C20H17ClN4O3/c1-11-17(20(27)28-3)18-22-10-15-16(25(18)23-11)8-9-24(19(15)26)12(2)13-4-6-14(21)7-5-13/h4-10,12H,1-3H3. The van der Waals surface area contributed by atoms with Gasteiger partial charge < -0.3 is 9.30 Å². The number of aromatic nitrogens is 4. The number of hydrogen-bond acceptors (Lipinski definition) is 5. The second-order valence-electron chi connectivity index (χ2n) is 6.50. The molecule has 142 valence electrons. The predicted molar refractivity (Wildman–Crippen MR) is 106 cm³/mol. The normalized spacial score (nSPS) is 12.4. The molecule has 4 rings (SSSR count). The van der Waals surface area contributed by atoms with Gasteiger partial charge in [0.1, 0.15) is 5.56 Å². The van der Waals surface area contributed by atoms with Crippen molar-refractivity contribution in [3.63, 3.8) is 0 Å². The first-order chi connectivity index (χ1) is 13.4. The van der Waals surface area contributed by atoms with Gasteiger partial charge in [-0.25, -0.2) is 14.3 Å². The summed E-state index contributed by atoms with van der Waals surface area (Å²) in [4.78, 5) is 29.5. The van der Waals surface area contributed by atoms with Gasteiger partial charge in [-0.1, -0.05) is 23.7 Å². The lowest BCUT2D eigenvalue weighted by molar-refractivity contribution is 0.0602. The third-order valence-electron chi connectivity index (χ3n) is 4.87. The van der Waals surface area contributed by atoms with Crippen LogP contribution < -0.4 is 5.56 Å². The third-order valence-corrected chi connectivity index (χ3v) is 5.13. The summed E-state index contributed by atoms with van der Waals surface area (Å²) in [5, 5.41) is 5.44. The van der Waals surface area contributed by atoms with Crippen LogP contribution in [0.4, 0.5) is 0 Å². The van der Waals surface area contributed by atoms with E-state index in [1.54, 1.807) is 35.9 Å². The van der Waals surface area contributed by atoms with E-state index in [2.05, 4.69) is 10.1 Å². The van der Waals surface area contributed by atoms with Gasteiger partial charge >= 0.3 is 5.97 Å². The van der Waals surface area contributed by atoms with Crippen molar-refractivity contribution in [1.29, 1.82) is 0 Å². The number of ether oxygens (including phenoxy) is 1. The van der Waals surface area contributed by atoms with Crippen molar-refractivity contribution < 1.29 is 9.53 Å². The summed E-state index contributed by atoms with van der Waals surface area (Å²) in [7, 11) is 1.31. The number of carbonyl (C=O) groups is 1. The Morgan fingerprint density at radius 2 is 1.93 bits per heavy atom. The lowest BCUT2D eigenvalue weighted by atomic mass is 10.1. The highest BCUT2D eigenvalue weighted by atomic mass is 35.5. The molecule has 1 aromatic carbocycles. The molecule has 4 aromatic rings. The van der Waals surface area contributed by atoms with Crippen LogP contribution in [0, 0.1) is 6.92 Å². The minimum absolute atomic E-state index is 0.185. The third kappa shape index (κ3) is 2.75. The molecular weight excluding hydrogens is 380 g/mol. The summed E-state index contributed by atoms with van der Waals surface area (Å²) in [6.45, 7) is 3.65. The fourth-order valence-electron chi connectivity index (χ4n) is 3.34. The molecule has 1 unspecified atom stereocenters. The van der Waals surface area contributed by atoms with Crippen LogP contribution in [-0.4, -0.2) is 32.2 Å². The van der Waals surface area contributed by atoms with Crippen LogP contribution in [0.15, 0.2) is 47.5 Å². The summed E-state index contributed by atoms with van der Waals surface area (Å²) >= 11 is 5.96. The first-order valence-corrected chi connectivity index (χ1v) is 9.03. The SMILES string of the molecule is COC(=O)c1c(C)nn2c1ncc1c(=O)n(C(C)c3ccc(Cl)cc3)ccc12. The lowest BCUT2D eigenvalue weighted by Crippen LogP contribution is -2.24. The Labute approximate surface area is 165 Å². The maximum Gasteiger partial charge on any atom is 0.343 e. The van der Waals surface area contributed by atoms with Crippen molar-refractivity contribution in [3.05, 3.63) is 74.9 Å². The fourth-order valence-corrected chi connectivity index (χ4v) is 3.46. The number of rotatable bonds is 3. The summed E-state index contributed by atoms with van der Waals surface area (Å²) in [6, 6.07) is 8.99. The highest BCUT2D eigenvalue weighted by Crippen LogP contribution is 2.22. The van der Waals surface area contributed by atoms with Crippen LogP contribution in [-0.2, 0) is 4.74 Å². The average Bonchev–Trinajstić information content (AvgIpc) is 3.04. The Bertz CT molecular complexity index is 1270. The molecule has 0 N–H and O–H groups in total. The molecule has 28 heavy (non-hydrogen) atoms. The molecule has 8 heteroatoms. The van der Waals surface area contributed by atoms with E-state index < -0.39 is 5.97 Å². The van der Waals surface area contributed by atoms with Crippen molar-refractivity contribution in [2.24, 2.45) is 0 Å². The Morgan fingerprint density at radius 1 is 1.21 bits per heavy atom. The van der Waals surface area contributed by atoms with Crippen molar-refractivity contribution >= 4 is 34.1 Å². The van der Waals surface area contributed by atoms with E-state index in [4.69, 9.17) is 16.3 Å². The van der Waals surface area contributed by atoms with E-state index in [1.165, 1.54) is 17.8 Å². The van der Waals surface area contributed by atoms with E-state index in [0.717, 1.165) is 5.56 Å². The topological polar surface area (TPSA) is 78.5 Å². The van der Waals surface area contributed by atoms with Gasteiger partial charge in [-0.2, -0.15) is 5.10 Å². The maximum absolute atomic E-state index is 13.1. The molecule has 0 aliphatic rings. The Kier molecular flexibility index (Phi) is 4.39. The van der Waals surface area contributed by atoms with E-state index in [-0.39, 0.29) is 11.6 Å². The first-order valence-electron chi connectivity index (χ1n) is 8.65. The minimum Gasteiger partial charge on any atom is -0.465 e. The minimum atomic E-state index is -0.510. The molecule has 0 aliphatic heterocycles. The quantitative estimate of drug-likeness (QED) is 0.496. The second-order valence-corrected chi connectivity index (χ2v) is 6.94. The molecule has 1 atom stereocenters. The summed E-state index contributed by atoms with van der Waals surface area (Å²) in [5.41, 5.74) is 2.49. The Balaban J connectivity index is 1.91. The van der Waals surface area contributed by atoms with Crippen molar-refractivity contribution in [3.8, 4) is 0 Å². The summed E-state index contributed by atoms with van der Waals surface area (Å²) < 4.78 is 7.96. The van der Waals surface area contributed by atoms with Gasteiger partial charge in [0.15, 0.2) is 5.65 Å². The number of methoxy groups -OCH3 is 1. The number of nitrogens with zero attached hydrogens (tertiary/aromatic N) is 4. The zero-order valence-corrected chi connectivity index (χ0v) is 16.3. The van der Waals surface area contributed by atoms with Gasteiger partial charge in [-0.15, -0.1) is 0 Å². The molecule has 0 spiro atoms. The van der Waals surface area contributed by atoms with E-state index >= 15 is 0 Å². The fraction of sp³-hybridized carbons (Fsp3) is 0.200. The number of carbonyl (C=O) groups excluding carboxylic acids is 1. The van der Waals surface area contributed by atoms with Gasteiger partial charge in [-0.3, -0.25) is 4.79 Å². The smallest absolute Gasteiger partial charge is 0.343 e. The zero-order valence-electron chi connectivity index (χ0n) is 15.5. The predicted octanol–water partition coefficient (Wildman–Crippen LogP) is 3.40. The van der Waals surface area contributed by atoms with Crippen molar-refractivity contribution in [1.82, 2.24) is 19.2 Å². The van der Waals surface area contributed by atoms with E-state index in [1.807, 2.05) is 19.1 Å². The van der Waals surface area contributed by atoms with Crippen molar-refractivity contribution in [2.75, 3.05) is 7.11 Å². The largest absolute Gasteiger partial charge is 0.465 e. The molecule has 0 fully saturated rings.